The first-order valence-electron chi connectivity index (χ1n) is 8.64. The van der Waals surface area contributed by atoms with Gasteiger partial charge in [0.1, 0.15) is 24.1 Å². The monoisotopic (exact) mass is 392 g/mol. The van der Waals surface area contributed by atoms with E-state index in [9.17, 15) is 20.1 Å². The van der Waals surface area contributed by atoms with Gasteiger partial charge in [-0.15, -0.1) is 0 Å². The van der Waals surface area contributed by atoms with E-state index in [1.807, 2.05) is 31.2 Å². The van der Waals surface area contributed by atoms with Crippen LogP contribution in [0.1, 0.15) is 29.7 Å². The zero-order valence-electron chi connectivity index (χ0n) is 14.7. The molecule has 0 spiro atoms. The fourth-order valence-corrected chi connectivity index (χ4v) is 3.22. The number of halogens is 1. The summed E-state index contributed by atoms with van der Waals surface area (Å²) < 4.78 is 10.6. The van der Waals surface area contributed by atoms with Crippen LogP contribution < -0.4 is 4.74 Å². The van der Waals surface area contributed by atoms with Crippen molar-refractivity contribution in [3.63, 3.8) is 0 Å². The number of aliphatic hydroxyl groups is 3. The van der Waals surface area contributed by atoms with Gasteiger partial charge in [-0.3, -0.25) is 4.79 Å². The predicted molar refractivity (Wildman–Crippen MR) is 98.7 cm³/mol. The first-order chi connectivity index (χ1) is 12.9. The van der Waals surface area contributed by atoms with E-state index in [1.54, 1.807) is 18.2 Å². The van der Waals surface area contributed by atoms with E-state index < -0.39 is 30.4 Å². The van der Waals surface area contributed by atoms with Crippen molar-refractivity contribution in [2.24, 2.45) is 0 Å². The fraction of sp³-hybridized carbons (Fsp3) is 0.350. The van der Waals surface area contributed by atoms with Crippen molar-refractivity contribution in [3.05, 3.63) is 64.2 Å². The Bertz CT molecular complexity index is 807. The van der Waals surface area contributed by atoms with Crippen LogP contribution in [0.3, 0.4) is 0 Å². The highest BCUT2D eigenvalue weighted by Gasteiger charge is 2.43. The van der Waals surface area contributed by atoms with Crippen LogP contribution in [0.5, 0.6) is 5.75 Å². The van der Waals surface area contributed by atoms with Crippen LogP contribution in [0.25, 0.3) is 0 Å². The molecule has 0 saturated carbocycles. The van der Waals surface area contributed by atoms with Crippen LogP contribution in [0.15, 0.2) is 42.5 Å². The third-order valence-electron chi connectivity index (χ3n) is 4.47. The molecule has 3 N–H and O–H groups in total. The fourth-order valence-electron chi connectivity index (χ4n) is 3.04. The Hall–Kier alpha value is -1.96. The van der Waals surface area contributed by atoms with E-state index in [1.165, 1.54) is 0 Å². The van der Waals surface area contributed by atoms with Crippen LogP contribution in [0, 0.1) is 0 Å². The summed E-state index contributed by atoms with van der Waals surface area (Å²) in [5.41, 5.74) is 2.31. The molecule has 0 aliphatic carbocycles. The highest BCUT2D eigenvalue weighted by molar-refractivity contribution is 6.31. The van der Waals surface area contributed by atoms with Gasteiger partial charge in [0.25, 0.3) is 0 Å². The maximum absolute atomic E-state index is 11.5. The number of ketones is 1. The Morgan fingerprint density at radius 1 is 1.11 bits per heavy atom. The molecule has 3 rings (SSSR count). The van der Waals surface area contributed by atoms with Crippen molar-refractivity contribution in [1.29, 1.82) is 0 Å². The molecule has 0 amide bonds. The van der Waals surface area contributed by atoms with Gasteiger partial charge >= 0.3 is 0 Å². The van der Waals surface area contributed by atoms with Gasteiger partial charge in [-0.05, 0) is 48.2 Å². The lowest BCUT2D eigenvalue weighted by Gasteiger charge is -2.34. The van der Waals surface area contributed by atoms with Gasteiger partial charge in [-0.2, -0.15) is 0 Å². The maximum atomic E-state index is 11.5. The first-order valence-corrected chi connectivity index (χ1v) is 9.02. The van der Waals surface area contributed by atoms with Gasteiger partial charge in [0, 0.05) is 5.02 Å². The molecule has 1 aliphatic heterocycles. The van der Waals surface area contributed by atoms with Crippen LogP contribution >= 0.6 is 11.6 Å². The Morgan fingerprint density at radius 3 is 2.48 bits per heavy atom. The van der Waals surface area contributed by atoms with E-state index >= 15 is 0 Å². The minimum absolute atomic E-state index is 0.512. The van der Waals surface area contributed by atoms with Crippen LogP contribution in [-0.2, 0) is 16.0 Å². The molecule has 4 atom stereocenters. The van der Waals surface area contributed by atoms with Gasteiger partial charge in [0.05, 0.1) is 6.61 Å². The molecule has 6 nitrogen and oxygen atoms in total. The summed E-state index contributed by atoms with van der Waals surface area (Å²) in [4.78, 5) is 11.5. The molecule has 1 unspecified atom stereocenters. The predicted octanol–water partition coefficient (Wildman–Crippen LogP) is 2.01. The lowest BCUT2D eigenvalue weighted by molar-refractivity contribution is -0.223. The smallest absolute Gasteiger partial charge is 0.219 e. The molecular formula is C20H21ClO6. The van der Waals surface area contributed by atoms with E-state index in [0.29, 0.717) is 23.6 Å². The Morgan fingerprint density at radius 2 is 1.81 bits per heavy atom. The minimum atomic E-state index is -1.78. The van der Waals surface area contributed by atoms with Crippen molar-refractivity contribution in [1.82, 2.24) is 0 Å². The third kappa shape index (κ3) is 4.31. The number of hydrogen-bond donors (Lipinski definition) is 3. The summed E-state index contributed by atoms with van der Waals surface area (Å²) >= 11 is 6.30. The number of carbonyl (C=O) groups excluding carboxylic acids is 1. The van der Waals surface area contributed by atoms with E-state index in [0.717, 1.165) is 16.9 Å². The summed E-state index contributed by atoms with van der Waals surface area (Å²) in [6.45, 7) is 2.51. The normalized spacial score (nSPS) is 25.4. The SMILES string of the molecule is CCOc1ccc(Cc2cc([C@@H]3OC(O)C(=O)[C@H](O)[C@H]3O)ccc2Cl)cc1. The van der Waals surface area contributed by atoms with Gasteiger partial charge in [0.15, 0.2) is 0 Å². The number of benzene rings is 2. The van der Waals surface area contributed by atoms with Gasteiger partial charge in [-0.1, -0.05) is 35.9 Å². The molecule has 7 heteroatoms. The average Bonchev–Trinajstić information content (AvgIpc) is 2.66. The van der Waals surface area contributed by atoms with E-state index in [-0.39, 0.29) is 0 Å². The Labute approximate surface area is 161 Å². The molecule has 2 aromatic rings. The molecule has 0 aromatic heterocycles. The number of hydrogen-bond acceptors (Lipinski definition) is 6. The number of aliphatic hydroxyl groups excluding tert-OH is 3. The van der Waals surface area contributed by atoms with Crippen LogP contribution in [0.2, 0.25) is 5.02 Å². The van der Waals surface area contributed by atoms with E-state index in [4.69, 9.17) is 21.1 Å². The highest BCUT2D eigenvalue weighted by Crippen LogP contribution is 2.32. The van der Waals surface area contributed by atoms with Crippen LogP contribution in [0.4, 0.5) is 0 Å². The zero-order valence-corrected chi connectivity index (χ0v) is 15.5. The number of Topliss-reactive ketones (excluding diaryl/α,β-unsaturated/α-hetero) is 1. The summed E-state index contributed by atoms with van der Waals surface area (Å²) in [6, 6.07) is 12.7. The minimum Gasteiger partial charge on any atom is -0.494 e. The molecule has 1 fully saturated rings. The molecule has 0 bridgehead atoms. The standard InChI is InChI=1S/C20H21ClO6/c1-2-26-14-6-3-11(4-7-14)9-13-10-12(5-8-15(13)21)19-17(23)16(22)18(24)20(25)27-19/h3-8,10,16-17,19-20,22-23,25H,2,9H2,1H3/t16-,17-,19+,20?/m1/s1. The molecule has 0 radical (unpaired) electrons. The second-order valence-corrected chi connectivity index (χ2v) is 6.76. The van der Waals surface area contributed by atoms with Crippen molar-refractivity contribution in [3.8, 4) is 5.75 Å². The molecule has 1 heterocycles. The summed E-state index contributed by atoms with van der Waals surface area (Å²) in [7, 11) is 0. The number of ether oxygens (including phenoxy) is 2. The average molecular weight is 393 g/mol. The van der Waals surface area contributed by atoms with Gasteiger partial charge < -0.3 is 24.8 Å². The van der Waals surface area contributed by atoms with Gasteiger partial charge in [-0.25, -0.2) is 0 Å². The molecule has 1 saturated heterocycles. The second kappa shape index (κ2) is 8.37. The Balaban J connectivity index is 1.83. The largest absolute Gasteiger partial charge is 0.494 e. The quantitative estimate of drug-likeness (QED) is 0.720. The topological polar surface area (TPSA) is 96.2 Å². The van der Waals surface area contributed by atoms with Crippen molar-refractivity contribution in [2.45, 2.75) is 37.9 Å². The third-order valence-corrected chi connectivity index (χ3v) is 4.84. The lowest BCUT2D eigenvalue weighted by atomic mass is 9.93. The molecule has 27 heavy (non-hydrogen) atoms. The van der Waals surface area contributed by atoms with Crippen molar-refractivity contribution in [2.75, 3.05) is 6.61 Å². The number of rotatable bonds is 5. The lowest BCUT2D eigenvalue weighted by Crippen LogP contribution is -2.51. The zero-order chi connectivity index (χ0) is 19.6. The number of carbonyl (C=O) groups is 1. The van der Waals surface area contributed by atoms with Crippen molar-refractivity contribution >= 4 is 17.4 Å². The molecule has 2 aromatic carbocycles. The summed E-state index contributed by atoms with van der Waals surface area (Å²) in [6.07, 6.45) is -5.46. The second-order valence-electron chi connectivity index (χ2n) is 6.35. The van der Waals surface area contributed by atoms with Crippen LogP contribution in [-0.4, -0.2) is 46.2 Å². The summed E-state index contributed by atoms with van der Waals surface area (Å²) in [5, 5.41) is 30.1. The van der Waals surface area contributed by atoms with Gasteiger partial charge in [0.2, 0.25) is 12.1 Å². The van der Waals surface area contributed by atoms with E-state index in [2.05, 4.69) is 0 Å². The summed E-state index contributed by atoms with van der Waals surface area (Å²) in [5.74, 6) is -0.171. The molecular weight excluding hydrogens is 372 g/mol. The first kappa shape index (κ1) is 19.8. The molecule has 144 valence electrons. The molecule has 1 aliphatic rings. The highest BCUT2D eigenvalue weighted by atomic mass is 35.5. The Kier molecular flexibility index (Phi) is 6.14. The maximum Gasteiger partial charge on any atom is 0.219 e. The van der Waals surface area contributed by atoms with Crippen molar-refractivity contribution < 1.29 is 29.6 Å².